The van der Waals surface area contributed by atoms with Crippen LogP contribution in [0.5, 0.6) is 0 Å². The van der Waals surface area contributed by atoms with Crippen molar-refractivity contribution in [3.63, 3.8) is 0 Å². The number of rotatable bonds is 6. The molecule has 0 radical (unpaired) electrons. The van der Waals surface area contributed by atoms with E-state index < -0.39 is 23.1 Å². The Bertz CT molecular complexity index is 1240. The number of hydrogen-bond acceptors (Lipinski definition) is 6. The second kappa shape index (κ2) is 12.8. The van der Waals surface area contributed by atoms with E-state index in [-0.39, 0.29) is 31.0 Å². The predicted octanol–water partition coefficient (Wildman–Crippen LogP) is 3.11. The highest BCUT2D eigenvalue weighted by Crippen LogP contribution is 2.30. The van der Waals surface area contributed by atoms with Crippen LogP contribution in [0.1, 0.15) is 35.7 Å². The first-order chi connectivity index (χ1) is 19.0. The van der Waals surface area contributed by atoms with Gasteiger partial charge in [-0.25, -0.2) is 8.78 Å². The number of likely N-dealkylation sites (N-methyl/N-ethyl adjacent to an activating group) is 1. The summed E-state index contributed by atoms with van der Waals surface area (Å²) in [4.78, 5) is 33.9. The standard InChI is InChI=1S/C29H36ClF2N5O3.H2S/c1-29(40,19-13-20(31)15-21(32)14-19)28(39)36-7-5-24(6-8-36)37-17-23(18-37)33-22-3-4-25(26(30)16-22)27(38)35-11-9-34(2)10-12-35;/h3-4,13-16,23-24,33,40H,5-12,17-18H2,1-2H3;1H2/t29-;/m0./s1. The van der Waals surface area contributed by atoms with Gasteiger partial charge < -0.3 is 25.1 Å². The predicted molar refractivity (Wildman–Crippen MR) is 160 cm³/mol. The summed E-state index contributed by atoms with van der Waals surface area (Å²) in [7, 11) is 2.05. The summed E-state index contributed by atoms with van der Waals surface area (Å²) < 4.78 is 27.3. The maximum Gasteiger partial charge on any atom is 0.258 e. The van der Waals surface area contributed by atoms with E-state index >= 15 is 0 Å². The smallest absolute Gasteiger partial charge is 0.258 e. The molecule has 3 fully saturated rings. The molecule has 3 saturated heterocycles. The Morgan fingerprint density at radius 3 is 2.15 bits per heavy atom. The Balaban J connectivity index is 0.00000387. The molecule has 3 aliphatic rings. The van der Waals surface area contributed by atoms with Gasteiger partial charge in [-0.2, -0.15) is 13.5 Å². The van der Waals surface area contributed by atoms with Crippen LogP contribution in [0.2, 0.25) is 5.02 Å². The first-order valence-electron chi connectivity index (χ1n) is 13.8. The van der Waals surface area contributed by atoms with E-state index in [9.17, 15) is 23.5 Å². The van der Waals surface area contributed by atoms with E-state index in [0.29, 0.717) is 48.9 Å². The number of carbonyl (C=O) groups is 2. The molecule has 0 spiro atoms. The van der Waals surface area contributed by atoms with Crippen LogP contribution < -0.4 is 5.32 Å². The van der Waals surface area contributed by atoms with Gasteiger partial charge in [-0.05, 0) is 62.7 Å². The molecule has 0 unspecified atom stereocenters. The number of likely N-dealkylation sites (tertiary alicyclic amines) is 2. The number of amides is 2. The van der Waals surface area contributed by atoms with Gasteiger partial charge in [0.15, 0.2) is 5.60 Å². The van der Waals surface area contributed by atoms with Crippen molar-refractivity contribution < 1.29 is 23.5 Å². The normalized spacial score (nSPS) is 20.6. The zero-order valence-corrected chi connectivity index (χ0v) is 25.1. The number of piperazine rings is 1. The minimum absolute atomic E-state index is 0. The molecule has 3 aliphatic heterocycles. The number of nitrogens with zero attached hydrogens (tertiary/aromatic N) is 4. The third-order valence-electron chi connectivity index (χ3n) is 8.38. The molecule has 2 amide bonds. The molecule has 8 nitrogen and oxygen atoms in total. The van der Waals surface area contributed by atoms with Gasteiger partial charge in [0.25, 0.3) is 11.8 Å². The summed E-state index contributed by atoms with van der Waals surface area (Å²) in [6.45, 7) is 7.00. The first kappa shape index (κ1) is 31.5. The van der Waals surface area contributed by atoms with Crippen molar-refractivity contribution in [3.8, 4) is 0 Å². The SMILES string of the molecule is CN1CCN(C(=O)c2ccc(NC3CN(C4CCN(C(=O)[C@@](C)(O)c5cc(F)cc(F)c5)CC4)C3)cc2Cl)CC1.S. The van der Waals surface area contributed by atoms with Gasteiger partial charge in [0.2, 0.25) is 0 Å². The van der Waals surface area contributed by atoms with Crippen molar-refractivity contribution in [3.05, 3.63) is 64.2 Å². The van der Waals surface area contributed by atoms with E-state index in [1.54, 1.807) is 11.0 Å². The fourth-order valence-corrected chi connectivity index (χ4v) is 6.06. The molecule has 2 aromatic carbocycles. The zero-order chi connectivity index (χ0) is 28.6. The molecular formula is C29H38ClF2N5O3S. The van der Waals surface area contributed by atoms with Gasteiger partial charge in [-0.15, -0.1) is 0 Å². The molecule has 2 aromatic rings. The lowest BCUT2D eigenvalue weighted by atomic mass is 9.91. The van der Waals surface area contributed by atoms with E-state index in [1.807, 2.05) is 24.1 Å². The van der Waals surface area contributed by atoms with E-state index in [2.05, 4.69) is 15.1 Å². The fourth-order valence-electron chi connectivity index (χ4n) is 5.80. The maximum atomic E-state index is 13.7. The third kappa shape index (κ3) is 6.97. The molecule has 41 heavy (non-hydrogen) atoms. The monoisotopic (exact) mass is 609 g/mol. The lowest BCUT2D eigenvalue weighted by Crippen LogP contribution is -2.61. The average Bonchev–Trinajstić information content (AvgIpc) is 2.90. The van der Waals surface area contributed by atoms with Gasteiger partial charge in [-0.1, -0.05) is 11.6 Å². The molecule has 2 N–H and O–H groups in total. The number of anilines is 1. The minimum atomic E-state index is -2.01. The highest BCUT2D eigenvalue weighted by Gasteiger charge is 2.40. The largest absolute Gasteiger partial charge is 0.380 e. The molecule has 5 rings (SSSR count). The van der Waals surface area contributed by atoms with Crippen molar-refractivity contribution in [2.45, 2.75) is 37.5 Å². The molecule has 1 atom stereocenters. The maximum absolute atomic E-state index is 13.7. The summed E-state index contributed by atoms with van der Waals surface area (Å²) in [5.74, 6) is -2.25. The zero-order valence-electron chi connectivity index (χ0n) is 23.4. The van der Waals surface area contributed by atoms with Gasteiger partial charge in [0.1, 0.15) is 11.6 Å². The van der Waals surface area contributed by atoms with Gasteiger partial charge in [0, 0.05) is 70.2 Å². The third-order valence-corrected chi connectivity index (χ3v) is 8.69. The van der Waals surface area contributed by atoms with E-state index in [4.69, 9.17) is 11.6 Å². The number of aliphatic hydroxyl groups is 1. The van der Waals surface area contributed by atoms with Crippen molar-refractivity contribution in [2.75, 3.05) is 64.7 Å². The van der Waals surface area contributed by atoms with Gasteiger partial charge in [0.05, 0.1) is 16.6 Å². The van der Waals surface area contributed by atoms with Gasteiger partial charge in [-0.3, -0.25) is 14.5 Å². The van der Waals surface area contributed by atoms with Crippen molar-refractivity contribution in [1.82, 2.24) is 19.6 Å². The Hall–Kier alpha value is -2.44. The van der Waals surface area contributed by atoms with Crippen LogP contribution in [-0.4, -0.2) is 108 Å². The molecule has 3 heterocycles. The molecule has 0 saturated carbocycles. The second-order valence-corrected chi connectivity index (χ2v) is 11.7. The van der Waals surface area contributed by atoms with Crippen LogP contribution in [0, 0.1) is 11.6 Å². The highest BCUT2D eigenvalue weighted by atomic mass is 35.5. The van der Waals surface area contributed by atoms with Crippen molar-refractivity contribution in [2.24, 2.45) is 0 Å². The summed E-state index contributed by atoms with van der Waals surface area (Å²) in [6.07, 6.45) is 1.50. The number of piperidine rings is 1. The number of carbonyl (C=O) groups excluding carboxylic acids is 2. The molecule has 0 aromatic heterocycles. The summed E-state index contributed by atoms with van der Waals surface area (Å²) in [6, 6.07) is 8.77. The second-order valence-electron chi connectivity index (χ2n) is 11.3. The van der Waals surface area contributed by atoms with Crippen LogP contribution in [0.3, 0.4) is 0 Å². The average molecular weight is 610 g/mol. The number of benzene rings is 2. The topological polar surface area (TPSA) is 79.4 Å². The number of hydrogen-bond donors (Lipinski definition) is 2. The molecule has 0 aliphatic carbocycles. The molecular weight excluding hydrogens is 572 g/mol. The fraction of sp³-hybridized carbons (Fsp3) is 0.517. The van der Waals surface area contributed by atoms with Gasteiger partial charge >= 0.3 is 0 Å². The molecule has 224 valence electrons. The molecule has 0 bridgehead atoms. The first-order valence-corrected chi connectivity index (χ1v) is 14.2. The highest BCUT2D eigenvalue weighted by molar-refractivity contribution is 7.59. The van der Waals surface area contributed by atoms with Crippen molar-refractivity contribution in [1.29, 1.82) is 0 Å². The Morgan fingerprint density at radius 1 is 0.951 bits per heavy atom. The van der Waals surface area contributed by atoms with Crippen LogP contribution in [0.4, 0.5) is 14.5 Å². The van der Waals surface area contributed by atoms with Crippen LogP contribution in [0.15, 0.2) is 36.4 Å². The van der Waals surface area contributed by atoms with Crippen molar-refractivity contribution >= 4 is 42.6 Å². The van der Waals surface area contributed by atoms with Crippen LogP contribution in [-0.2, 0) is 10.4 Å². The molecule has 12 heteroatoms. The Kier molecular flexibility index (Phi) is 9.85. The van der Waals surface area contributed by atoms with Crippen LogP contribution >= 0.6 is 25.1 Å². The van der Waals surface area contributed by atoms with E-state index in [0.717, 1.165) is 56.8 Å². The van der Waals surface area contributed by atoms with E-state index in [1.165, 1.54) is 6.92 Å². The quantitative estimate of drug-likeness (QED) is 0.524. The Morgan fingerprint density at radius 2 is 1.56 bits per heavy atom. The number of halogens is 3. The lowest BCUT2D eigenvalue weighted by Gasteiger charge is -2.48. The number of nitrogens with one attached hydrogen (secondary N) is 1. The van der Waals surface area contributed by atoms with Crippen LogP contribution in [0.25, 0.3) is 0 Å². The Labute approximate surface area is 251 Å². The summed E-state index contributed by atoms with van der Waals surface area (Å²) >= 11 is 6.50. The minimum Gasteiger partial charge on any atom is -0.380 e. The lowest BCUT2D eigenvalue weighted by molar-refractivity contribution is -0.152. The summed E-state index contributed by atoms with van der Waals surface area (Å²) in [5.41, 5.74) is -0.700. The summed E-state index contributed by atoms with van der Waals surface area (Å²) in [5, 5.41) is 14.8.